The summed E-state index contributed by atoms with van der Waals surface area (Å²) in [6, 6.07) is 18.8. The highest BCUT2D eigenvalue weighted by atomic mass is 35.5. The van der Waals surface area contributed by atoms with E-state index in [0.717, 1.165) is 21.2 Å². The fourth-order valence-corrected chi connectivity index (χ4v) is 4.47. The average molecular weight is 469 g/mol. The van der Waals surface area contributed by atoms with Crippen LogP contribution in [0.3, 0.4) is 0 Å². The number of hydrazone groups is 1. The average Bonchev–Trinajstić information content (AvgIpc) is 3.15. The van der Waals surface area contributed by atoms with Crippen LogP contribution >= 0.6 is 22.9 Å². The Bertz CT molecular complexity index is 1290. The zero-order valence-corrected chi connectivity index (χ0v) is 18.5. The Morgan fingerprint density at radius 2 is 1.94 bits per heavy atom. The molecule has 32 heavy (non-hydrogen) atoms. The summed E-state index contributed by atoms with van der Waals surface area (Å²) in [4.78, 5) is 12.9. The minimum absolute atomic E-state index is 0.222. The van der Waals surface area contributed by atoms with Gasteiger partial charge >= 0.3 is 0 Å². The van der Waals surface area contributed by atoms with Crippen LogP contribution in [0.2, 0.25) is 5.02 Å². The first-order valence-corrected chi connectivity index (χ1v) is 10.8. The number of carbonyl (C=O) groups excluding carboxylic acids is 1. The van der Waals surface area contributed by atoms with Crippen LogP contribution in [0.15, 0.2) is 71.8 Å². The molecule has 0 aliphatic carbocycles. The zero-order valence-electron chi connectivity index (χ0n) is 17.0. The maximum atomic E-state index is 13.1. The van der Waals surface area contributed by atoms with Crippen molar-refractivity contribution in [3.05, 3.63) is 93.6 Å². The predicted molar refractivity (Wildman–Crippen MR) is 126 cm³/mol. The second kappa shape index (κ2) is 9.80. The molecular weight excluding hydrogens is 451 g/mol. The van der Waals surface area contributed by atoms with Gasteiger partial charge in [-0.3, -0.25) is 4.79 Å². The van der Waals surface area contributed by atoms with Gasteiger partial charge in [0.2, 0.25) is 0 Å². The lowest BCUT2D eigenvalue weighted by molar-refractivity contribution is 0.0959. The van der Waals surface area contributed by atoms with Gasteiger partial charge in [0.05, 0.1) is 18.3 Å². The number of hydrogen-bond acceptors (Lipinski definition) is 5. The Morgan fingerprint density at radius 1 is 1.16 bits per heavy atom. The first kappa shape index (κ1) is 21.8. The molecule has 1 N–H and O–H groups in total. The minimum Gasteiger partial charge on any atom is -0.496 e. The molecule has 0 radical (unpaired) electrons. The number of carbonyl (C=O) groups is 1. The third-order valence-electron chi connectivity index (χ3n) is 4.63. The molecule has 0 spiro atoms. The van der Waals surface area contributed by atoms with Crippen molar-refractivity contribution in [1.82, 2.24) is 5.43 Å². The SMILES string of the molecule is COc1ccc(C=NNC(=O)c2sc3ccccc3c2Cl)cc1COc1ccc(F)cc1. The lowest BCUT2D eigenvalue weighted by atomic mass is 10.1. The van der Waals surface area contributed by atoms with Gasteiger partial charge in [-0.25, -0.2) is 9.82 Å². The van der Waals surface area contributed by atoms with Crippen LogP contribution in [0.4, 0.5) is 4.39 Å². The summed E-state index contributed by atoms with van der Waals surface area (Å²) in [6.07, 6.45) is 1.53. The summed E-state index contributed by atoms with van der Waals surface area (Å²) in [5.41, 5.74) is 4.04. The first-order chi connectivity index (χ1) is 15.5. The summed E-state index contributed by atoms with van der Waals surface area (Å²) in [5.74, 6) is 0.485. The Balaban J connectivity index is 1.45. The number of ether oxygens (including phenoxy) is 2. The second-order valence-corrected chi connectivity index (χ2v) is 8.18. The molecule has 1 heterocycles. The van der Waals surface area contributed by atoms with Gasteiger partial charge in [-0.05, 0) is 54.1 Å². The molecule has 0 saturated heterocycles. The highest BCUT2D eigenvalue weighted by Crippen LogP contribution is 2.35. The Hall–Kier alpha value is -3.42. The number of benzene rings is 3. The van der Waals surface area contributed by atoms with Crippen LogP contribution in [-0.4, -0.2) is 19.2 Å². The summed E-state index contributed by atoms with van der Waals surface area (Å²) in [7, 11) is 1.57. The molecule has 1 aromatic heterocycles. The number of hydrogen-bond donors (Lipinski definition) is 1. The Labute approximate surface area is 193 Å². The van der Waals surface area contributed by atoms with Gasteiger partial charge in [0.25, 0.3) is 5.91 Å². The largest absolute Gasteiger partial charge is 0.496 e. The quantitative estimate of drug-likeness (QED) is 0.265. The van der Waals surface area contributed by atoms with E-state index in [0.29, 0.717) is 21.4 Å². The monoisotopic (exact) mass is 468 g/mol. The topological polar surface area (TPSA) is 59.9 Å². The summed E-state index contributed by atoms with van der Waals surface area (Å²) in [5, 5.41) is 5.32. The van der Waals surface area contributed by atoms with E-state index >= 15 is 0 Å². The van der Waals surface area contributed by atoms with Crippen molar-refractivity contribution in [3.63, 3.8) is 0 Å². The fourth-order valence-electron chi connectivity index (χ4n) is 3.06. The van der Waals surface area contributed by atoms with Gasteiger partial charge < -0.3 is 9.47 Å². The van der Waals surface area contributed by atoms with Crippen molar-refractivity contribution in [2.24, 2.45) is 5.10 Å². The van der Waals surface area contributed by atoms with Crippen LogP contribution in [0, 0.1) is 5.82 Å². The highest BCUT2D eigenvalue weighted by Gasteiger charge is 2.16. The minimum atomic E-state index is -0.374. The van der Waals surface area contributed by atoms with Crippen LogP contribution in [0.25, 0.3) is 10.1 Å². The molecule has 162 valence electrons. The number of halogens is 2. The molecule has 3 aromatic carbocycles. The van der Waals surface area contributed by atoms with Crippen LogP contribution in [0.1, 0.15) is 20.8 Å². The number of amides is 1. The Kier molecular flexibility index (Phi) is 6.68. The summed E-state index contributed by atoms with van der Waals surface area (Å²) >= 11 is 7.66. The molecular formula is C24H18ClFN2O3S. The molecule has 4 aromatic rings. The lowest BCUT2D eigenvalue weighted by Crippen LogP contribution is -2.16. The summed E-state index contributed by atoms with van der Waals surface area (Å²) < 4.78 is 25.1. The molecule has 0 aliphatic heterocycles. The zero-order chi connectivity index (χ0) is 22.5. The number of fused-ring (bicyclic) bond motifs is 1. The third-order valence-corrected chi connectivity index (χ3v) is 6.31. The number of methoxy groups -OCH3 is 1. The summed E-state index contributed by atoms with van der Waals surface area (Å²) in [6.45, 7) is 0.222. The van der Waals surface area contributed by atoms with Crippen molar-refractivity contribution < 1.29 is 18.7 Å². The lowest BCUT2D eigenvalue weighted by Gasteiger charge is -2.11. The number of nitrogens with one attached hydrogen (secondary N) is 1. The molecule has 0 unspecified atom stereocenters. The van der Waals surface area contributed by atoms with E-state index in [-0.39, 0.29) is 18.3 Å². The molecule has 0 aliphatic rings. The van der Waals surface area contributed by atoms with E-state index in [2.05, 4.69) is 10.5 Å². The standard InChI is InChI=1S/C24H18ClFN2O3S/c1-30-20-11-6-15(12-16(20)14-31-18-9-7-17(26)8-10-18)13-27-28-24(29)23-22(25)19-4-2-3-5-21(19)32-23/h2-13H,14H2,1H3,(H,28,29). The maximum absolute atomic E-state index is 13.1. The smallest absolute Gasteiger partial charge is 0.283 e. The van der Waals surface area contributed by atoms with E-state index < -0.39 is 0 Å². The van der Waals surface area contributed by atoms with Gasteiger partial charge in [0.15, 0.2) is 0 Å². The number of rotatable bonds is 7. The van der Waals surface area contributed by atoms with Gasteiger partial charge in [-0.1, -0.05) is 29.8 Å². The van der Waals surface area contributed by atoms with E-state index in [1.165, 1.54) is 29.7 Å². The molecule has 5 nitrogen and oxygen atoms in total. The van der Waals surface area contributed by atoms with Gasteiger partial charge in [-0.2, -0.15) is 5.10 Å². The van der Waals surface area contributed by atoms with Gasteiger partial charge in [-0.15, -0.1) is 11.3 Å². The maximum Gasteiger partial charge on any atom is 0.283 e. The molecule has 0 atom stereocenters. The Morgan fingerprint density at radius 3 is 2.69 bits per heavy atom. The first-order valence-electron chi connectivity index (χ1n) is 9.61. The number of nitrogens with zero attached hydrogens (tertiary/aromatic N) is 1. The van der Waals surface area contributed by atoms with E-state index in [1.807, 2.05) is 36.4 Å². The molecule has 4 rings (SSSR count). The van der Waals surface area contributed by atoms with Crippen molar-refractivity contribution in [3.8, 4) is 11.5 Å². The third kappa shape index (κ3) is 4.90. The van der Waals surface area contributed by atoms with Crippen LogP contribution in [-0.2, 0) is 6.61 Å². The van der Waals surface area contributed by atoms with E-state index in [1.54, 1.807) is 25.3 Å². The van der Waals surface area contributed by atoms with Crippen molar-refractivity contribution in [1.29, 1.82) is 0 Å². The second-order valence-electron chi connectivity index (χ2n) is 6.75. The van der Waals surface area contributed by atoms with E-state index in [4.69, 9.17) is 21.1 Å². The van der Waals surface area contributed by atoms with Crippen molar-refractivity contribution in [2.45, 2.75) is 6.61 Å². The van der Waals surface area contributed by atoms with E-state index in [9.17, 15) is 9.18 Å². The molecule has 1 amide bonds. The molecule has 8 heteroatoms. The normalized spacial score (nSPS) is 11.1. The van der Waals surface area contributed by atoms with Crippen molar-refractivity contribution >= 4 is 45.1 Å². The molecule has 0 saturated carbocycles. The van der Waals surface area contributed by atoms with Gasteiger partial charge in [0, 0.05) is 15.6 Å². The number of thiophene rings is 1. The van der Waals surface area contributed by atoms with Crippen LogP contribution in [0.5, 0.6) is 11.5 Å². The fraction of sp³-hybridized carbons (Fsp3) is 0.0833. The molecule has 0 bridgehead atoms. The highest BCUT2D eigenvalue weighted by molar-refractivity contribution is 7.21. The van der Waals surface area contributed by atoms with Crippen LogP contribution < -0.4 is 14.9 Å². The van der Waals surface area contributed by atoms with Crippen molar-refractivity contribution in [2.75, 3.05) is 7.11 Å². The van der Waals surface area contributed by atoms with Gasteiger partial charge in [0.1, 0.15) is 28.8 Å². The molecule has 0 fully saturated rings. The predicted octanol–water partition coefficient (Wildman–Crippen LogP) is 6.05.